The van der Waals surface area contributed by atoms with Gasteiger partial charge in [0.25, 0.3) is 0 Å². The fraction of sp³-hybridized carbons (Fsp3) is 0.867. The van der Waals surface area contributed by atoms with Gasteiger partial charge >= 0.3 is 0 Å². The second-order valence-corrected chi connectivity index (χ2v) is 6.89. The van der Waals surface area contributed by atoms with Crippen LogP contribution >= 0.6 is 0 Å². The van der Waals surface area contributed by atoms with Crippen LogP contribution in [0, 0.1) is 5.41 Å². The first-order valence-corrected chi connectivity index (χ1v) is 7.74. The van der Waals surface area contributed by atoms with Crippen LogP contribution in [0.5, 0.6) is 0 Å². The molecule has 1 aliphatic rings. The van der Waals surface area contributed by atoms with Crippen LogP contribution in [0.1, 0.15) is 58.7 Å². The summed E-state index contributed by atoms with van der Waals surface area (Å²) in [6, 6.07) is 0. The Morgan fingerprint density at radius 2 is 2.00 bits per heavy atom. The van der Waals surface area contributed by atoms with Crippen LogP contribution in [-0.4, -0.2) is 32.0 Å². The van der Waals surface area contributed by atoms with Crippen molar-refractivity contribution in [3.8, 4) is 0 Å². The van der Waals surface area contributed by atoms with Crippen LogP contribution in [-0.2, 0) is 13.1 Å². The van der Waals surface area contributed by atoms with Gasteiger partial charge in [0.05, 0.1) is 12.1 Å². The highest BCUT2D eigenvalue weighted by Gasteiger charge is 2.36. The monoisotopic (exact) mass is 280 g/mol. The van der Waals surface area contributed by atoms with Gasteiger partial charge in [-0.25, -0.2) is 9.67 Å². The second-order valence-electron chi connectivity index (χ2n) is 6.89. The lowest BCUT2D eigenvalue weighted by atomic mass is 9.71. The molecule has 0 atom stereocenters. The first kappa shape index (κ1) is 15.4. The SMILES string of the molecule is CCCn1ncnc1CNCC1(O)CCC(C)(C)CC1. The van der Waals surface area contributed by atoms with E-state index in [4.69, 9.17) is 0 Å². The van der Waals surface area contributed by atoms with Crippen molar-refractivity contribution in [1.82, 2.24) is 20.1 Å². The molecule has 0 aliphatic heterocycles. The molecular formula is C15H28N4O. The van der Waals surface area contributed by atoms with E-state index in [2.05, 4.69) is 36.2 Å². The summed E-state index contributed by atoms with van der Waals surface area (Å²) in [7, 11) is 0. The highest BCUT2D eigenvalue weighted by Crippen LogP contribution is 2.39. The Labute approximate surface area is 121 Å². The molecule has 0 radical (unpaired) electrons. The lowest BCUT2D eigenvalue weighted by Crippen LogP contribution is -2.45. The zero-order valence-corrected chi connectivity index (χ0v) is 13.0. The quantitative estimate of drug-likeness (QED) is 0.838. The second kappa shape index (κ2) is 6.22. The van der Waals surface area contributed by atoms with Crippen LogP contribution in [0.15, 0.2) is 6.33 Å². The van der Waals surface area contributed by atoms with Crippen LogP contribution in [0.4, 0.5) is 0 Å². The molecule has 0 unspecified atom stereocenters. The normalized spacial score (nSPS) is 21.0. The molecule has 2 N–H and O–H groups in total. The lowest BCUT2D eigenvalue weighted by molar-refractivity contribution is -0.0246. The van der Waals surface area contributed by atoms with Gasteiger partial charge in [0, 0.05) is 13.1 Å². The minimum atomic E-state index is -0.550. The van der Waals surface area contributed by atoms with Gasteiger partial charge < -0.3 is 10.4 Å². The first-order valence-electron chi connectivity index (χ1n) is 7.74. The van der Waals surface area contributed by atoms with Crippen molar-refractivity contribution < 1.29 is 5.11 Å². The van der Waals surface area contributed by atoms with Crippen LogP contribution < -0.4 is 5.32 Å². The molecule has 114 valence electrons. The minimum absolute atomic E-state index is 0.382. The van der Waals surface area contributed by atoms with Crippen molar-refractivity contribution in [3.63, 3.8) is 0 Å². The van der Waals surface area contributed by atoms with Crippen molar-refractivity contribution in [1.29, 1.82) is 0 Å². The van der Waals surface area contributed by atoms with Crippen molar-refractivity contribution in [2.75, 3.05) is 6.54 Å². The third-order valence-electron chi connectivity index (χ3n) is 4.40. The summed E-state index contributed by atoms with van der Waals surface area (Å²) >= 11 is 0. The Morgan fingerprint density at radius 1 is 1.30 bits per heavy atom. The molecule has 0 spiro atoms. The van der Waals surface area contributed by atoms with Crippen LogP contribution in [0.2, 0.25) is 0 Å². The molecule has 1 fully saturated rings. The zero-order chi connectivity index (χ0) is 14.6. The van der Waals surface area contributed by atoms with E-state index in [0.717, 1.165) is 44.5 Å². The first-order chi connectivity index (χ1) is 9.44. The van der Waals surface area contributed by atoms with Gasteiger partial charge in [-0.1, -0.05) is 20.8 Å². The highest BCUT2D eigenvalue weighted by atomic mass is 16.3. The molecule has 2 rings (SSSR count). The molecule has 1 aromatic rings. The predicted molar refractivity (Wildman–Crippen MR) is 79.2 cm³/mol. The van der Waals surface area contributed by atoms with Crippen molar-refractivity contribution >= 4 is 0 Å². The van der Waals surface area contributed by atoms with E-state index in [1.807, 2.05) is 4.68 Å². The van der Waals surface area contributed by atoms with Crippen molar-refractivity contribution in [2.45, 2.75) is 71.6 Å². The number of aryl methyl sites for hydroxylation is 1. The van der Waals surface area contributed by atoms with Crippen molar-refractivity contribution in [2.24, 2.45) is 5.41 Å². The maximum atomic E-state index is 10.6. The smallest absolute Gasteiger partial charge is 0.140 e. The van der Waals surface area contributed by atoms with Crippen LogP contribution in [0.3, 0.4) is 0 Å². The average molecular weight is 280 g/mol. The van der Waals surface area contributed by atoms with Crippen molar-refractivity contribution in [3.05, 3.63) is 12.2 Å². The van der Waals surface area contributed by atoms with Crippen LogP contribution in [0.25, 0.3) is 0 Å². The van der Waals surface area contributed by atoms with E-state index in [0.29, 0.717) is 18.5 Å². The van der Waals surface area contributed by atoms with Gasteiger partial charge in [0.2, 0.25) is 0 Å². The summed E-state index contributed by atoms with van der Waals surface area (Å²) < 4.78 is 1.93. The number of aromatic nitrogens is 3. The zero-order valence-electron chi connectivity index (χ0n) is 13.0. The van der Waals surface area contributed by atoms with Gasteiger partial charge in [-0.15, -0.1) is 0 Å². The van der Waals surface area contributed by atoms with Gasteiger partial charge in [-0.3, -0.25) is 0 Å². The molecule has 0 saturated heterocycles. The topological polar surface area (TPSA) is 63.0 Å². The molecule has 20 heavy (non-hydrogen) atoms. The van der Waals surface area contributed by atoms with E-state index in [-0.39, 0.29) is 0 Å². The number of nitrogens with zero attached hydrogens (tertiary/aromatic N) is 3. The largest absolute Gasteiger partial charge is 0.389 e. The summed E-state index contributed by atoms with van der Waals surface area (Å²) in [6.07, 6.45) is 6.61. The molecule has 0 aromatic carbocycles. The number of hydrogen-bond acceptors (Lipinski definition) is 4. The third-order valence-corrected chi connectivity index (χ3v) is 4.40. The number of nitrogens with one attached hydrogen (secondary N) is 1. The van der Waals surface area contributed by atoms with E-state index < -0.39 is 5.60 Å². The van der Waals surface area contributed by atoms with Gasteiger partial charge in [0.1, 0.15) is 12.2 Å². The highest BCUT2D eigenvalue weighted by molar-refractivity contribution is 4.92. The Hall–Kier alpha value is -0.940. The molecule has 5 heteroatoms. The summed E-state index contributed by atoms with van der Waals surface area (Å²) in [6.45, 7) is 8.91. The molecule has 1 aliphatic carbocycles. The molecule has 1 saturated carbocycles. The molecule has 0 bridgehead atoms. The van der Waals surface area contributed by atoms with Gasteiger partial charge in [0.15, 0.2) is 0 Å². The van der Waals surface area contributed by atoms with E-state index in [1.54, 1.807) is 6.33 Å². The Bertz CT molecular complexity index is 417. The maximum Gasteiger partial charge on any atom is 0.140 e. The summed E-state index contributed by atoms with van der Waals surface area (Å²) in [5.41, 5.74) is -0.168. The Balaban J connectivity index is 1.79. The van der Waals surface area contributed by atoms with E-state index in [1.165, 1.54) is 0 Å². The van der Waals surface area contributed by atoms with Gasteiger partial charge in [-0.05, 0) is 37.5 Å². The molecular weight excluding hydrogens is 252 g/mol. The molecule has 0 amide bonds. The Morgan fingerprint density at radius 3 is 2.65 bits per heavy atom. The summed E-state index contributed by atoms with van der Waals surface area (Å²) in [4.78, 5) is 4.27. The third kappa shape index (κ3) is 4.03. The standard InChI is InChI=1S/C15H28N4O/c1-4-9-19-13(17-12-18-19)10-16-11-15(20)7-5-14(2,3)6-8-15/h12,16,20H,4-11H2,1-3H3. The van der Waals surface area contributed by atoms with E-state index in [9.17, 15) is 5.11 Å². The molecule has 1 aromatic heterocycles. The molecule has 5 nitrogen and oxygen atoms in total. The summed E-state index contributed by atoms with van der Waals surface area (Å²) in [5, 5.41) is 18.2. The minimum Gasteiger partial charge on any atom is -0.389 e. The molecule has 1 heterocycles. The maximum absolute atomic E-state index is 10.6. The summed E-state index contributed by atoms with van der Waals surface area (Å²) in [5.74, 6) is 0.951. The number of aliphatic hydroxyl groups is 1. The average Bonchev–Trinajstić information content (AvgIpc) is 2.82. The fourth-order valence-corrected chi connectivity index (χ4v) is 2.80. The fourth-order valence-electron chi connectivity index (χ4n) is 2.80. The number of rotatable bonds is 6. The number of hydrogen-bond donors (Lipinski definition) is 2. The van der Waals surface area contributed by atoms with Gasteiger partial charge in [-0.2, -0.15) is 5.10 Å². The lowest BCUT2D eigenvalue weighted by Gasteiger charge is -2.40. The van der Waals surface area contributed by atoms with E-state index >= 15 is 0 Å². The predicted octanol–water partition coefficient (Wildman–Crippen LogP) is 2.11. The Kier molecular flexibility index (Phi) is 4.81.